The van der Waals surface area contributed by atoms with Crippen molar-refractivity contribution in [3.63, 3.8) is 0 Å². The molecule has 4 nitrogen and oxygen atoms in total. The van der Waals surface area contributed by atoms with Crippen molar-refractivity contribution >= 4 is 34.0 Å². The average Bonchev–Trinajstić information content (AvgIpc) is 2.54. The van der Waals surface area contributed by atoms with E-state index in [0.717, 1.165) is 22.3 Å². The molecule has 2 N–H and O–H groups in total. The second kappa shape index (κ2) is 4.14. The van der Waals surface area contributed by atoms with Gasteiger partial charge in [0.15, 0.2) is 0 Å². The third-order valence-corrected chi connectivity index (χ3v) is 2.80. The minimum atomic E-state index is 0.235. The third kappa shape index (κ3) is 1.88. The maximum Gasteiger partial charge on any atom is 0.115 e. The molecule has 0 aliphatic rings. The van der Waals surface area contributed by atoms with Gasteiger partial charge in [0.05, 0.1) is 17.1 Å². The molecule has 84 valence electrons. The van der Waals surface area contributed by atoms with Crippen LogP contribution < -0.4 is 5.73 Å². The summed E-state index contributed by atoms with van der Waals surface area (Å²) in [5, 5.41) is 5.51. The molecule has 1 aromatic heterocycles. The Morgan fingerprint density at radius 3 is 3.00 bits per heavy atom. The number of benzene rings is 1. The van der Waals surface area contributed by atoms with Crippen LogP contribution in [0.15, 0.2) is 23.2 Å². The number of halogens is 1. The number of hydrogen-bond acceptors (Lipinski definition) is 2. The van der Waals surface area contributed by atoms with Gasteiger partial charge in [-0.05, 0) is 25.1 Å². The van der Waals surface area contributed by atoms with Crippen LogP contribution in [0.3, 0.4) is 0 Å². The molecule has 0 radical (unpaired) electrons. The number of fused-ring (bicyclic) bond motifs is 1. The quantitative estimate of drug-likeness (QED) is 0.493. The molecule has 2 aromatic rings. The third-order valence-electron chi connectivity index (χ3n) is 2.52. The van der Waals surface area contributed by atoms with Gasteiger partial charge in [-0.1, -0.05) is 0 Å². The van der Waals surface area contributed by atoms with E-state index in [2.05, 4.69) is 10.1 Å². The molecule has 16 heavy (non-hydrogen) atoms. The summed E-state index contributed by atoms with van der Waals surface area (Å²) in [4.78, 5) is 4.18. The fourth-order valence-electron chi connectivity index (χ4n) is 1.58. The Bertz CT molecular complexity index is 556. The first-order valence-corrected chi connectivity index (χ1v) is 5.47. The first-order chi connectivity index (χ1) is 7.61. The number of aromatic nitrogens is 2. The lowest BCUT2D eigenvalue weighted by Crippen LogP contribution is -2.12. The lowest BCUT2D eigenvalue weighted by Gasteiger charge is -1.96. The van der Waals surface area contributed by atoms with Crippen molar-refractivity contribution in [1.29, 1.82) is 0 Å². The molecular weight excluding hydrogens is 224 g/mol. The molecule has 0 unspecified atom stereocenters. The molecular formula is C11H13ClN4. The number of hydrogen-bond donors (Lipinski definition) is 1. The van der Waals surface area contributed by atoms with Gasteiger partial charge in [0.25, 0.3) is 0 Å². The van der Waals surface area contributed by atoms with Crippen molar-refractivity contribution in [2.45, 2.75) is 6.92 Å². The van der Waals surface area contributed by atoms with Crippen LogP contribution in [0, 0.1) is 6.92 Å². The minimum Gasteiger partial charge on any atom is -0.386 e. The number of amidine groups is 1. The van der Waals surface area contributed by atoms with Crippen molar-refractivity contribution < 1.29 is 0 Å². The van der Waals surface area contributed by atoms with Crippen molar-refractivity contribution in [2.24, 2.45) is 17.8 Å². The molecule has 0 aliphatic heterocycles. The molecule has 1 heterocycles. The maximum atomic E-state index is 5.58. The van der Waals surface area contributed by atoms with Gasteiger partial charge >= 0.3 is 0 Å². The van der Waals surface area contributed by atoms with Gasteiger partial charge in [-0.25, -0.2) is 4.99 Å². The van der Waals surface area contributed by atoms with Crippen molar-refractivity contribution in [2.75, 3.05) is 5.88 Å². The summed E-state index contributed by atoms with van der Waals surface area (Å²) in [5.74, 6) is 0.646. The predicted octanol–water partition coefficient (Wildman–Crippen LogP) is 2.11. The minimum absolute atomic E-state index is 0.235. The van der Waals surface area contributed by atoms with E-state index in [1.54, 1.807) is 0 Å². The van der Waals surface area contributed by atoms with E-state index in [1.807, 2.05) is 36.9 Å². The van der Waals surface area contributed by atoms with E-state index in [4.69, 9.17) is 17.3 Å². The van der Waals surface area contributed by atoms with Gasteiger partial charge in [0, 0.05) is 18.1 Å². The molecule has 0 aliphatic carbocycles. The largest absolute Gasteiger partial charge is 0.386 e. The number of nitrogens with zero attached hydrogens (tertiary/aromatic N) is 3. The highest BCUT2D eigenvalue weighted by Crippen LogP contribution is 2.22. The summed E-state index contributed by atoms with van der Waals surface area (Å²) in [6, 6.07) is 5.82. The summed E-state index contributed by atoms with van der Waals surface area (Å²) in [6.07, 6.45) is 0. The van der Waals surface area contributed by atoms with Crippen molar-refractivity contribution in [3.05, 3.63) is 23.9 Å². The van der Waals surface area contributed by atoms with Crippen LogP contribution in [-0.4, -0.2) is 21.5 Å². The Morgan fingerprint density at radius 2 is 2.31 bits per heavy atom. The zero-order valence-corrected chi connectivity index (χ0v) is 9.99. The van der Waals surface area contributed by atoms with E-state index in [1.165, 1.54) is 0 Å². The van der Waals surface area contributed by atoms with E-state index in [9.17, 15) is 0 Å². The van der Waals surface area contributed by atoms with Crippen LogP contribution in [0.25, 0.3) is 10.9 Å². The summed E-state index contributed by atoms with van der Waals surface area (Å²) in [6.45, 7) is 2.03. The molecule has 0 atom stereocenters. The van der Waals surface area contributed by atoms with Crippen LogP contribution >= 0.6 is 11.6 Å². The Hall–Kier alpha value is -1.55. The van der Waals surface area contributed by atoms with Gasteiger partial charge in [0.1, 0.15) is 5.84 Å². The van der Waals surface area contributed by atoms with Crippen molar-refractivity contribution in [3.8, 4) is 0 Å². The summed E-state index contributed by atoms with van der Waals surface area (Å²) < 4.78 is 1.85. The molecule has 0 fully saturated rings. The number of nitrogens with two attached hydrogens (primary N) is 1. The Morgan fingerprint density at radius 1 is 1.56 bits per heavy atom. The van der Waals surface area contributed by atoms with Gasteiger partial charge in [-0.2, -0.15) is 5.10 Å². The zero-order chi connectivity index (χ0) is 11.7. The van der Waals surface area contributed by atoms with Crippen molar-refractivity contribution in [1.82, 2.24) is 9.78 Å². The molecule has 0 saturated heterocycles. The number of alkyl halides is 1. The lowest BCUT2D eigenvalue weighted by molar-refractivity contribution is 0.751. The van der Waals surface area contributed by atoms with Gasteiger partial charge in [-0.3, -0.25) is 4.68 Å². The van der Waals surface area contributed by atoms with Crippen LogP contribution in [0.4, 0.5) is 5.69 Å². The molecule has 5 heteroatoms. The predicted molar refractivity (Wildman–Crippen MR) is 67.5 cm³/mol. The summed E-state index contributed by atoms with van der Waals surface area (Å²) in [7, 11) is 1.92. The Balaban J connectivity index is 2.53. The zero-order valence-electron chi connectivity index (χ0n) is 9.24. The monoisotopic (exact) mass is 236 g/mol. The van der Waals surface area contributed by atoms with Crippen LogP contribution in [0.1, 0.15) is 5.69 Å². The highest BCUT2D eigenvalue weighted by molar-refractivity contribution is 6.28. The van der Waals surface area contributed by atoms with E-state index < -0.39 is 0 Å². The summed E-state index contributed by atoms with van der Waals surface area (Å²) >= 11 is 5.57. The van der Waals surface area contributed by atoms with Gasteiger partial charge in [-0.15, -0.1) is 11.6 Å². The lowest BCUT2D eigenvalue weighted by atomic mass is 10.2. The molecule has 0 bridgehead atoms. The molecule has 1 aromatic carbocycles. The highest BCUT2D eigenvalue weighted by Gasteiger charge is 2.04. The first-order valence-electron chi connectivity index (χ1n) is 4.94. The van der Waals surface area contributed by atoms with E-state index in [-0.39, 0.29) is 5.88 Å². The molecule has 0 amide bonds. The van der Waals surface area contributed by atoms with E-state index >= 15 is 0 Å². The standard InChI is InChI=1S/C11H13ClN4/c1-7-9-4-3-8(14-11(13)6-12)5-10(9)15-16(7)2/h3-5H,6H2,1-2H3,(H2,13,14). The van der Waals surface area contributed by atoms with Gasteiger partial charge in [0.2, 0.25) is 0 Å². The normalized spacial score (nSPS) is 12.3. The highest BCUT2D eigenvalue weighted by atomic mass is 35.5. The average molecular weight is 237 g/mol. The number of aliphatic imine (C=N–C) groups is 1. The van der Waals surface area contributed by atoms with E-state index in [0.29, 0.717) is 5.84 Å². The maximum absolute atomic E-state index is 5.58. The molecule has 0 saturated carbocycles. The second-order valence-electron chi connectivity index (χ2n) is 3.65. The molecule has 0 spiro atoms. The van der Waals surface area contributed by atoms with Gasteiger partial charge < -0.3 is 5.73 Å². The molecule has 2 rings (SSSR count). The SMILES string of the molecule is Cc1c2ccc(N=C(N)CCl)cc2nn1C. The Kier molecular flexibility index (Phi) is 2.83. The fraction of sp³-hybridized carbons (Fsp3) is 0.273. The number of rotatable bonds is 2. The topological polar surface area (TPSA) is 56.2 Å². The van der Waals surface area contributed by atoms with Crippen LogP contribution in [0.5, 0.6) is 0 Å². The Labute approximate surface area is 98.7 Å². The second-order valence-corrected chi connectivity index (χ2v) is 3.91. The fourth-order valence-corrected chi connectivity index (χ4v) is 1.64. The first kappa shape index (κ1) is 11.0. The number of aryl methyl sites for hydroxylation is 2. The van der Waals surface area contributed by atoms with Crippen LogP contribution in [0.2, 0.25) is 0 Å². The van der Waals surface area contributed by atoms with Crippen LogP contribution in [-0.2, 0) is 7.05 Å². The smallest absolute Gasteiger partial charge is 0.115 e. The summed E-state index contributed by atoms with van der Waals surface area (Å²) in [5.41, 5.74) is 8.41.